The van der Waals surface area contributed by atoms with E-state index in [0.717, 1.165) is 16.6 Å². The number of H-pyrrole nitrogens is 1. The second-order valence-corrected chi connectivity index (χ2v) is 5.40. The number of rotatable bonds is 4. The third-order valence-corrected chi connectivity index (χ3v) is 3.68. The van der Waals surface area contributed by atoms with Crippen molar-refractivity contribution in [2.24, 2.45) is 0 Å². The Labute approximate surface area is 136 Å². The molecular weight excluding hydrogens is 306 g/mol. The van der Waals surface area contributed by atoms with E-state index in [1.807, 2.05) is 30.3 Å². The van der Waals surface area contributed by atoms with Crippen LogP contribution >= 0.6 is 0 Å². The van der Waals surface area contributed by atoms with Crippen LogP contribution in [0, 0.1) is 0 Å². The molecule has 1 aromatic carbocycles. The molecule has 0 saturated carbocycles. The highest BCUT2D eigenvalue weighted by molar-refractivity contribution is 5.85. The van der Waals surface area contributed by atoms with Gasteiger partial charge in [-0.2, -0.15) is 0 Å². The van der Waals surface area contributed by atoms with Gasteiger partial charge in [0.25, 0.3) is 0 Å². The van der Waals surface area contributed by atoms with Crippen molar-refractivity contribution >= 4 is 16.9 Å². The minimum atomic E-state index is -0.936. The van der Waals surface area contributed by atoms with Crippen molar-refractivity contribution in [3.05, 3.63) is 60.6 Å². The summed E-state index contributed by atoms with van der Waals surface area (Å²) in [5, 5.41) is 9.92. The number of aromatic amines is 1. The standard InChI is InChI=1S/C18H13N3O3/c22-18(23)8-12-5-6-17(24-12)16-10-19-9-15(21-16)14-7-11-3-1-2-4-13(11)20-14/h1-7,9-10,20H,8H2,(H,22,23). The molecule has 0 aliphatic rings. The molecule has 2 N–H and O–H groups in total. The van der Waals surface area contributed by atoms with Gasteiger partial charge in [0.05, 0.1) is 18.1 Å². The summed E-state index contributed by atoms with van der Waals surface area (Å²) in [4.78, 5) is 22.8. The van der Waals surface area contributed by atoms with E-state index in [0.29, 0.717) is 22.9 Å². The van der Waals surface area contributed by atoms with Gasteiger partial charge in [-0.25, -0.2) is 4.98 Å². The average Bonchev–Trinajstić information content (AvgIpc) is 3.21. The third kappa shape index (κ3) is 2.65. The van der Waals surface area contributed by atoms with Crippen molar-refractivity contribution in [1.29, 1.82) is 0 Å². The lowest BCUT2D eigenvalue weighted by Crippen LogP contribution is -1.97. The molecule has 4 rings (SSSR count). The number of hydrogen-bond acceptors (Lipinski definition) is 4. The quantitative estimate of drug-likeness (QED) is 0.600. The third-order valence-electron chi connectivity index (χ3n) is 3.68. The first-order valence-corrected chi connectivity index (χ1v) is 7.40. The first kappa shape index (κ1) is 14.2. The van der Waals surface area contributed by atoms with Crippen molar-refractivity contribution in [2.45, 2.75) is 6.42 Å². The Hall–Kier alpha value is -3.41. The molecular formula is C18H13N3O3. The van der Waals surface area contributed by atoms with Gasteiger partial charge in [0.1, 0.15) is 23.6 Å². The van der Waals surface area contributed by atoms with Gasteiger partial charge < -0.3 is 14.5 Å². The summed E-state index contributed by atoms with van der Waals surface area (Å²) in [6.45, 7) is 0. The number of aliphatic carboxylic acids is 1. The minimum Gasteiger partial charge on any atom is -0.481 e. The molecule has 6 nitrogen and oxygen atoms in total. The van der Waals surface area contributed by atoms with E-state index in [2.05, 4.69) is 15.0 Å². The van der Waals surface area contributed by atoms with Crippen molar-refractivity contribution < 1.29 is 14.3 Å². The van der Waals surface area contributed by atoms with Crippen LogP contribution in [0.3, 0.4) is 0 Å². The zero-order valence-electron chi connectivity index (χ0n) is 12.6. The van der Waals surface area contributed by atoms with Crippen molar-refractivity contribution in [2.75, 3.05) is 0 Å². The van der Waals surface area contributed by atoms with Gasteiger partial charge in [0.15, 0.2) is 5.76 Å². The van der Waals surface area contributed by atoms with Crippen LogP contribution in [0.1, 0.15) is 5.76 Å². The highest BCUT2D eigenvalue weighted by Crippen LogP contribution is 2.25. The van der Waals surface area contributed by atoms with Gasteiger partial charge in [0.2, 0.25) is 0 Å². The summed E-state index contributed by atoms with van der Waals surface area (Å²) in [6, 6.07) is 13.3. The van der Waals surface area contributed by atoms with E-state index in [9.17, 15) is 4.79 Å². The van der Waals surface area contributed by atoms with Crippen LogP contribution < -0.4 is 0 Å². The molecule has 0 fully saturated rings. The normalized spacial score (nSPS) is 11.0. The number of fused-ring (bicyclic) bond motifs is 1. The second kappa shape index (κ2) is 5.66. The van der Waals surface area contributed by atoms with Crippen LogP contribution in [-0.2, 0) is 11.2 Å². The van der Waals surface area contributed by atoms with E-state index in [1.54, 1.807) is 24.5 Å². The fraction of sp³-hybridized carbons (Fsp3) is 0.0556. The summed E-state index contributed by atoms with van der Waals surface area (Å²) in [6.07, 6.45) is 3.11. The molecule has 0 aliphatic carbocycles. The number of carbonyl (C=O) groups is 1. The van der Waals surface area contributed by atoms with Gasteiger partial charge in [-0.15, -0.1) is 0 Å². The lowest BCUT2D eigenvalue weighted by Gasteiger charge is -2.00. The highest BCUT2D eigenvalue weighted by atomic mass is 16.4. The molecule has 0 aliphatic heterocycles. The number of benzene rings is 1. The van der Waals surface area contributed by atoms with Gasteiger partial charge in [-0.05, 0) is 24.3 Å². The molecule has 0 bridgehead atoms. The summed E-state index contributed by atoms with van der Waals surface area (Å²) >= 11 is 0. The molecule has 118 valence electrons. The minimum absolute atomic E-state index is 0.158. The Kier molecular flexibility index (Phi) is 3.35. The van der Waals surface area contributed by atoms with Crippen LogP contribution in [0.5, 0.6) is 0 Å². The summed E-state index contributed by atoms with van der Waals surface area (Å²) < 4.78 is 5.54. The summed E-state index contributed by atoms with van der Waals surface area (Å²) in [7, 11) is 0. The molecule has 0 amide bonds. The van der Waals surface area contributed by atoms with E-state index >= 15 is 0 Å². The molecule has 24 heavy (non-hydrogen) atoms. The molecule has 6 heteroatoms. The SMILES string of the molecule is O=C(O)Cc1ccc(-c2cncc(-c3cc4ccccc4[nH]3)n2)o1. The fourth-order valence-corrected chi connectivity index (χ4v) is 2.59. The Bertz CT molecular complexity index is 1000. The number of carboxylic acid groups (broad SMARTS) is 1. The zero-order valence-corrected chi connectivity index (χ0v) is 12.6. The molecule has 0 saturated heterocycles. The Morgan fingerprint density at radius 3 is 2.79 bits per heavy atom. The fourth-order valence-electron chi connectivity index (χ4n) is 2.59. The predicted molar refractivity (Wildman–Crippen MR) is 88.4 cm³/mol. The van der Waals surface area contributed by atoms with Gasteiger partial charge >= 0.3 is 5.97 Å². The van der Waals surface area contributed by atoms with Crippen molar-refractivity contribution in [1.82, 2.24) is 15.0 Å². The number of aromatic nitrogens is 3. The van der Waals surface area contributed by atoms with Crippen molar-refractivity contribution in [3.8, 4) is 22.8 Å². The summed E-state index contributed by atoms with van der Waals surface area (Å²) in [5.41, 5.74) is 3.15. The number of carboxylic acids is 1. The topological polar surface area (TPSA) is 92.0 Å². The zero-order chi connectivity index (χ0) is 16.5. The largest absolute Gasteiger partial charge is 0.481 e. The molecule has 4 aromatic rings. The molecule has 0 atom stereocenters. The van der Waals surface area contributed by atoms with Crippen LogP contribution in [0.4, 0.5) is 0 Å². The molecule has 0 radical (unpaired) electrons. The van der Waals surface area contributed by atoms with Crippen LogP contribution in [0.2, 0.25) is 0 Å². The maximum absolute atomic E-state index is 10.7. The van der Waals surface area contributed by atoms with E-state index in [4.69, 9.17) is 9.52 Å². The smallest absolute Gasteiger partial charge is 0.311 e. The van der Waals surface area contributed by atoms with Crippen molar-refractivity contribution in [3.63, 3.8) is 0 Å². The van der Waals surface area contributed by atoms with E-state index in [1.165, 1.54) is 0 Å². The molecule has 0 spiro atoms. The first-order valence-electron chi connectivity index (χ1n) is 7.40. The van der Waals surface area contributed by atoms with Crippen LogP contribution in [-0.4, -0.2) is 26.0 Å². The highest BCUT2D eigenvalue weighted by Gasteiger charge is 2.11. The Morgan fingerprint density at radius 2 is 1.96 bits per heavy atom. The first-order chi connectivity index (χ1) is 11.7. The summed E-state index contributed by atoms with van der Waals surface area (Å²) in [5.74, 6) is -0.0548. The maximum Gasteiger partial charge on any atom is 0.311 e. The van der Waals surface area contributed by atoms with Crippen LogP contribution in [0.25, 0.3) is 33.7 Å². The average molecular weight is 319 g/mol. The Morgan fingerprint density at radius 1 is 1.12 bits per heavy atom. The monoisotopic (exact) mass is 319 g/mol. The van der Waals surface area contributed by atoms with Gasteiger partial charge in [-0.1, -0.05) is 18.2 Å². The number of nitrogens with zero attached hydrogens (tertiary/aromatic N) is 2. The number of furan rings is 1. The molecule has 0 unspecified atom stereocenters. The second-order valence-electron chi connectivity index (χ2n) is 5.40. The number of nitrogens with one attached hydrogen (secondary N) is 1. The predicted octanol–water partition coefficient (Wildman–Crippen LogP) is 3.51. The lowest BCUT2D eigenvalue weighted by molar-refractivity contribution is -0.136. The number of para-hydroxylation sites is 1. The Balaban J connectivity index is 1.70. The van der Waals surface area contributed by atoms with Gasteiger partial charge in [-0.3, -0.25) is 9.78 Å². The van der Waals surface area contributed by atoms with E-state index < -0.39 is 5.97 Å². The maximum atomic E-state index is 10.7. The lowest BCUT2D eigenvalue weighted by atomic mass is 10.2. The number of hydrogen-bond donors (Lipinski definition) is 2. The van der Waals surface area contributed by atoms with E-state index in [-0.39, 0.29) is 6.42 Å². The molecule has 3 aromatic heterocycles. The molecule has 3 heterocycles. The van der Waals surface area contributed by atoms with Gasteiger partial charge in [0, 0.05) is 10.9 Å². The van der Waals surface area contributed by atoms with Crippen LogP contribution in [0.15, 0.2) is 59.3 Å².